The van der Waals surface area contributed by atoms with Crippen molar-refractivity contribution in [2.24, 2.45) is 5.41 Å². The van der Waals surface area contributed by atoms with E-state index in [1.807, 2.05) is 38.1 Å². The Hall–Kier alpha value is -3.30. The molecular formula is C30H32F3N3O3. The minimum absolute atomic E-state index is 0.266. The molecule has 1 aromatic heterocycles. The molecule has 206 valence electrons. The van der Waals surface area contributed by atoms with Gasteiger partial charge in [0.05, 0.1) is 22.6 Å². The fourth-order valence-electron chi connectivity index (χ4n) is 6.02. The number of carbonyl (C=O) groups is 2. The second-order valence-electron chi connectivity index (χ2n) is 11.1. The van der Waals surface area contributed by atoms with Crippen molar-refractivity contribution in [3.05, 3.63) is 77.0 Å². The summed E-state index contributed by atoms with van der Waals surface area (Å²) in [6.45, 7) is 5.75. The molecule has 2 aromatic carbocycles. The Morgan fingerprint density at radius 2 is 1.87 bits per heavy atom. The van der Waals surface area contributed by atoms with Crippen molar-refractivity contribution >= 4 is 22.7 Å². The lowest BCUT2D eigenvalue weighted by molar-refractivity contribution is -0.138. The number of hydrogen-bond donors (Lipinski definition) is 2. The summed E-state index contributed by atoms with van der Waals surface area (Å²) in [6.07, 6.45) is -0.814. The van der Waals surface area contributed by atoms with Gasteiger partial charge in [0.1, 0.15) is 0 Å². The summed E-state index contributed by atoms with van der Waals surface area (Å²) in [4.78, 5) is 30.7. The number of piperidine rings is 2. The number of nitrogens with zero attached hydrogens (tertiary/aromatic N) is 2. The highest BCUT2D eigenvalue weighted by molar-refractivity contribution is 6.01. The maximum Gasteiger partial charge on any atom is 0.416 e. The SMILES string of the molecule is CCC1(C)CN(Cc2ccc(C(F)(F)F)cc2)CCC1(O)c1ccc2ncc(C3CCC(=O)NC3=O)cc2c1. The second-order valence-corrected chi connectivity index (χ2v) is 11.1. The van der Waals surface area contributed by atoms with Crippen molar-refractivity contribution in [1.29, 1.82) is 0 Å². The number of benzene rings is 2. The molecule has 3 heterocycles. The second kappa shape index (κ2) is 10.0. The van der Waals surface area contributed by atoms with Gasteiger partial charge in [0, 0.05) is 43.1 Å². The molecule has 0 spiro atoms. The molecule has 2 amide bonds. The van der Waals surface area contributed by atoms with Crippen LogP contribution in [-0.4, -0.2) is 39.9 Å². The standard InChI is InChI=1S/C30H32F3N3O3/c1-3-28(2)18-36(17-19-4-6-22(7-5-19)30(31,32)33)13-12-29(28,39)23-8-10-25-20(15-23)14-21(16-34-25)24-9-11-26(37)35-27(24)38/h4-8,10,14-16,24,39H,3,9,11-13,17-18H2,1-2H3,(H,35,37,38). The summed E-state index contributed by atoms with van der Waals surface area (Å²) in [5.41, 5.74) is 0.749. The maximum absolute atomic E-state index is 12.9. The number of amides is 2. The average Bonchev–Trinajstić information content (AvgIpc) is 2.90. The first-order chi connectivity index (χ1) is 18.4. The quantitative estimate of drug-likeness (QED) is 0.431. The molecule has 0 saturated carbocycles. The van der Waals surface area contributed by atoms with Crippen molar-refractivity contribution in [1.82, 2.24) is 15.2 Å². The third-order valence-corrected chi connectivity index (χ3v) is 8.65. The van der Waals surface area contributed by atoms with E-state index in [0.717, 1.165) is 39.7 Å². The van der Waals surface area contributed by atoms with Crippen LogP contribution in [-0.2, 0) is 27.9 Å². The number of aliphatic hydroxyl groups is 1. The van der Waals surface area contributed by atoms with E-state index >= 15 is 0 Å². The van der Waals surface area contributed by atoms with E-state index in [9.17, 15) is 27.9 Å². The first kappa shape index (κ1) is 27.3. The van der Waals surface area contributed by atoms with Gasteiger partial charge >= 0.3 is 6.18 Å². The molecule has 3 aromatic rings. The lowest BCUT2D eigenvalue weighted by Gasteiger charge is -2.52. The van der Waals surface area contributed by atoms with E-state index in [-0.39, 0.29) is 18.2 Å². The highest BCUT2D eigenvalue weighted by Crippen LogP contribution is 2.49. The summed E-state index contributed by atoms with van der Waals surface area (Å²) >= 11 is 0. The molecule has 2 saturated heterocycles. The number of imide groups is 1. The van der Waals surface area contributed by atoms with E-state index in [1.165, 1.54) is 12.1 Å². The van der Waals surface area contributed by atoms with E-state index in [1.54, 1.807) is 6.20 Å². The van der Waals surface area contributed by atoms with Crippen LogP contribution >= 0.6 is 0 Å². The maximum atomic E-state index is 12.9. The van der Waals surface area contributed by atoms with Crippen LogP contribution in [0.25, 0.3) is 10.9 Å². The van der Waals surface area contributed by atoms with Gasteiger partial charge in [-0.25, -0.2) is 0 Å². The van der Waals surface area contributed by atoms with E-state index in [4.69, 9.17) is 0 Å². The molecule has 2 fully saturated rings. The number of halogens is 3. The number of rotatable bonds is 5. The molecule has 0 bridgehead atoms. The Balaban J connectivity index is 1.38. The zero-order valence-electron chi connectivity index (χ0n) is 22.0. The van der Waals surface area contributed by atoms with Gasteiger partial charge in [-0.2, -0.15) is 13.2 Å². The fourth-order valence-corrected chi connectivity index (χ4v) is 6.02. The number of likely N-dealkylation sites (tertiary alicyclic amines) is 1. The summed E-state index contributed by atoms with van der Waals surface area (Å²) in [5, 5.41) is 15.4. The monoisotopic (exact) mass is 539 g/mol. The Kier molecular flexibility index (Phi) is 7.01. The van der Waals surface area contributed by atoms with Crippen LogP contribution in [0.3, 0.4) is 0 Å². The van der Waals surface area contributed by atoms with Crippen LogP contribution < -0.4 is 5.32 Å². The van der Waals surface area contributed by atoms with Gasteiger partial charge in [0.25, 0.3) is 0 Å². The highest BCUT2D eigenvalue weighted by atomic mass is 19.4. The molecule has 5 rings (SSSR count). The number of fused-ring (bicyclic) bond motifs is 1. The molecule has 39 heavy (non-hydrogen) atoms. The lowest BCUT2D eigenvalue weighted by Crippen LogP contribution is -2.56. The third-order valence-electron chi connectivity index (χ3n) is 8.65. The normalized spacial score (nSPS) is 26.6. The molecule has 0 radical (unpaired) electrons. The van der Waals surface area contributed by atoms with Crippen LogP contribution in [0, 0.1) is 5.41 Å². The van der Waals surface area contributed by atoms with E-state index < -0.39 is 28.7 Å². The molecular weight excluding hydrogens is 507 g/mol. The molecule has 9 heteroatoms. The van der Waals surface area contributed by atoms with Gasteiger partial charge in [-0.1, -0.05) is 32.0 Å². The number of nitrogens with one attached hydrogen (secondary N) is 1. The van der Waals surface area contributed by atoms with Gasteiger partial charge in [0.2, 0.25) is 11.8 Å². The lowest BCUT2D eigenvalue weighted by atomic mass is 9.63. The van der Waals surface area contributed by atoms with Gasteiger partial charge in [0.15, 0.2) is 0 Å². The Morgan fingerprint density at radius 1 is 1.13 bits per heavy atom. The molecule has 6 nitrogen and oxygen atoms in total. The van der Waals surface area contributed by atoms with Crippen LogP contribution in [0.15, 0.2) is 54.7 Å². The molecule has 0 aliphatic carbocycles. The van der Waals surface area contributed by atoms with Crippen molar-refractivity contribution in [3.8, 4) is 0 Å². The molecule has 2 aliphatic heterocycles. The number of alkyl halides is 3. The molecule has 2 N–H and O–H groups in total. The van der Waals surface area contributed by atoms with Crippen molar-refractivity contribution in [2.45, 2.75) is 63.8 Å². The topological polar surface area (TPSA) is 82.5 Å². The van der Waals surface area contributed by atoms with Crippen molar-refractivity contribution in [3.63, 3.8) is 0 Å². The largest absolute Gasteiger partial charge is 0.416 e. The third kappa shape index (κ3) is 5.17. The van der Waals surface area contributed by atoms with Crippen LogP contribution in [0.2, 0.25) is 0 Å². The van der Waals surface area contributed by atoms with Crippen LogP contribution in [0.1, 0.15) is 67.7 Å². The number of pyridine rings is 1. The zero-order chi connectivity index (χ0) is 28.0. The minimum atomic E-state index is -4.36. The van der Waals surface area contributed by atoms with Gasteiger partial charge in [-0.15, -0.1) is 0 Å². The number of hydrogen-bond acceptors (Lipinski definition) is 5. The van der Waals surface area contributed by atoms with Gasteiger partial charge < -0.3 is 5.11 Å². The Labute approximate surface area is 225 Å². The fraction of sp³-hybridized carbons (Fsp3) is 0.433. The average molecular weight is 540 g/mol. The zero-order valence-corrected chi connectivity index (χ0v) is 22.0. The molecule has 2 aliphatic rings. The summed E-state index contributed by atoms with van der Waals surface area (Å²) in [5.74, 6) is -1.03. The number of carbonyl (C=O) groups excluding carboxylic acids is 2. The smallest absolute Gasteiger partial charge is 0.384 e. The van der Waals surface area contributed by atoms with Crippen molar-refractivity contribution in [2.75, 3.05) is 13.1 Å². The summed E-state index contributed by atoms with van der Waals surface area (Å²) in [7, 11) is 0. The highest BCUT2D eigenvalue weighted by Gasteiger charge is 2.50. The predicted octanol–water partition coefficient (Wildman–Crippen LogP) is 5.28. The van der Waals surface area contributed by atoms with Gasteiger partial charge in [-0.3, -0.25) is 24.8 Å². The molecule has 3 atom stereocenters. The predicted molar refractivity (Wildman–Crippen MR) is 141 cm³/mol. The Bertz CT molecular complexity index is 1410. The summed E-state index contributed by atoms with van der Waals surface area (Å²) in [6, 6.07) is 12.9. The number of aromatic nitrogens is 1. The van der Waals surface area contributed by atoms with E-state index in [2.05, 4.69) is 15.2 Å². The van der Waals surface area contributed by atoms with Crippen LogP contribution in [0.5, 0.6) is 0 Å². The van der Waals surface area contributed by atoms with Crippen molar-refractivity contribution < 1.29 is 27.9 Å². The first-order valence-corrected chi connectivity index (χ1v) is 13.3. The van der Waals surface area contributed by atoms with Crippen LogP contribution in [0.4, 0.5) is 13.2 Å². The van der Waals surface area contributed by atoms with Gasteiger partial charge in [-0.05, 0) is 66.3 Å². The minimum Gasteiger partial charge on any atom is -0.384 e. The molecule has 3 unspecified atom stereocenters. The van der Waals surface area contributed by atoms with E-state index in [0.29, 0.717) is 38.9 Å². The Morgan fingerprint density at radius 3 is 2.54 bits per heavy atom. The first-order valence-electron chi connectivity index (χ1n) is 13.3. The summed E-state index contributed by atoms with van der Waals surface area (Å²) < 4.78 is 38.8.